The number of ketones is 1. The molecule has 1 nitrogen and oxygen atoms in total. The van der Waals surface area contributed by atoms with Gasteiger partial charge in [0.2, 0.25) is 0 Å². The third-order valence-corrected chi connectivity index (χ3v) is 3.20. The summed E-state index contributed by atoms with van der Waals surface area (Å²) in [5, 5.41) is 0. The number of hydrogen-bond donors (Lipinski definition) is 0. The topological polar surface area (TPSA) is 17.1 Å². The van der Waals surface area contributed by atoms with Gasteiger partial charge in [0.05, 0.1) is 0 Å². The van der Waals surface area contributed by atoms with Gasteiger partial charge in [-0.15, -0.1) is 0 Å². The predicted molar refractivity (Wildman–Crippen MR) is 44.2 cm³/mol. The normalized spacial score (nSPS) is 40.3. The third kappa shape index (κ3) is 1.33. The summed E-state index contributed by atoms with van der Waals surface area (Å²) in [5.74, 6) is 2.93. The first-order chi connectivity index (χ1) is 5.31. The van der Waals surface area contributed by atoms with Crippen LogP contribution in [0.5, 0.6) is 0 Å². The molecule has 0 heterocycles. The molecule has 0 N–H and O–H groups in total. The van der Waals surface area contributed by atoms with Crippen LogP contribution in [-0.4, -0.2) is 5.78 Å². The Labute approximate surface area is 68.2 Å². The average Bonchev–Trinajstić information content (AvgIpc) is 2.59. The Morgan fingerprint density at radius 2 is 1.91 bits per heavy atom. The van der Waals surface area contributed by atoms with Crippen LogP contribution in [-0.2, 0) is 4.79 Å². The van der Waals surface area contributed by atoms with Crippen LogP contribution in [0.4, 0.5) is 0 Å². The zero-order valence-corrected chi connectivity index (χ0v) is 7.18. The molecule has 2 aliphatic carbocycles. The van der Waals surface area contributed by atoms with Crippen molar-refractivity contribution in [2.75, 3.05) is 0 Å². The highest BCUT2D eigenvalue weighted by molar-refractivity contribution is 5.81. The van der Waals surface area contributed by atoms with E-state index in [4.69, 9.17) is 0 Å². The van der Waals surface area contributed by atoms with E-state index in [1.54, 1.807) is 0 Å². The monoisotopic (exact) mass is 152 g/mol. The van der Waals surface area contributed by atoms with E-state index in [1.165, 1.54) is 19.3 Å². The van der Waals surface area contributed by atoms with E-state index in [0.29, 0.717) is 11.7 Å². The molecule has 0 aromatic heterocycles. The molecule has 2 saturated carbocycles. The molecule has 2 rings (SSSR count). The van der Waals surface area contributed by atoms with Gasteiger partial charge < -0.3 is 0 Å². The van der Waals surface area contributed by atoms with E-state index in [9.17, 15) is 4.79 Å². The van der Waals surface area contributed by atoms with Gasteiger partial charge in [0.1, 0.15) is 5.78 Å². The Bertz CT molecular complexity index is 164. The van der Waals surface area contributed by atoms with Crippen molar-refractivity contribution in [3.05, 3.63) is 0 Å². The zero-order valence-electron chi connectivity index (χ0n) is 7.18. The first-order valence-corrected chi connectivity index (χ1v) is 4.84. The lowest BCUT2D eigenvalue weighted by Gasteiger charge is -2.08. The molecule has 0 spiro atoms. The van der Waals surface area contributed by atoms with Gasteiger partial charge in [-0.2, -0.15) is 0 Å². The minimum atomic E-state index is 0.471. The van der Waals surface area contributed by atoms with Crippen LogP contribution >= 0.6 is 0 Å². The molecule has 2 aliphatic rings. The zero-order chi connectivity index (χ0) is 7.84. The second-order valence-corrected chi connectivity index (χ2v) is 4.14. The van der Waals surface area contributed by atoms with E-state index in [0.717, 1.165) is 24.7 Å². The van der Waals surface area contributed by atoms with Crippen LogP contribution in [0.2, 0.25) is 0 Å². The van der Waals surface area contributed by atoms with Crippen LogP contribution in [0.3, 0.4) is 0 Å². The molecule has 2 atom stereocenters. The maximum absolute atomic E-state index is 11.4. The van der Waals surface area contributed by atoms with E-state index >= 15 is 0 Å². The molecule has 0 bridgehead atoms. The highest BCUT2D eigenvalue weighted by atomic mass is 16.1. The summed E-state index contributed by atoms with van der Waals surface area (Å²) < 4.78 is 0. The average molecular weight is 152 g/mol. The molecule has 0 saturated heterocycles. The maximum atomic E-state index is 11.4. The predicted octanol–water partition coefficient (Wildman–Crippen LogP) is 2.40. The smallest absolute Gasteiger partial charge is 0.135 e. The fourth-order valence-corrected chi connectivity index (χ4v) is 2.43. The van der Waals surface area contributed by atoms with E-state index in [2.05, 4.69) is 6.92 Å². The summed E-state index contributed by atoms with van der Waals surface area (Å²) in [4.78, 5) is 11.4. The van der Waals surface area contributed by atoms with Crippen molar-refractivity contribution < 1.29 is 4.79 Å². The van der Waals surface area contributed by atoms with Crippen LogP contribution < -0.4 is 0 Å². The third-order valence-electron chi connectivity index (χ3n) is 3.20. The van der Waals surface area contributed by atoms with E-state index in [1.807, 2.05) is 0 Å². The molecule has 0 aliphatic heterocycles. The maximum Gasteiger partial charge on any atom is 0.135 e. The second-order valence-electron chi connectivity index (χ2n) is 4.14. The summed E-state index contributed by atoms with van der Waals surface area (Å²) in [6.07, 6.45) is 5.73. The van der Waals surface area contributed by atoms with Crippen LogP contribution in [0.1, 0.15) is 39.0 Å². The molecule has 62 valence electrons. The minimum absolute atomic E-state index is 0.471. The molecule has 0 amide bonds. The minimum Gasteiger partial charge on any atom is -0.299 e. The summed E-state index contributed by atoms with van der Waals surface area (Å²) in [6, 6.07) is 0. The standard InChI is InChI=1S/C10H16O/c1-2-3-10(11)9-5-7-4-8(7)6-9/h7-9H,2-6H2,1H3. The summed E-state index contributed by atoms with van der Waals surface area (Å²) in [5.41, 5.74) is 0. The van der Waals surface area contributed by atoms with Gasteiger partial charge >= 0.3 is 0 Å². The van der Waals surface area contributed by atoms with Crippen LogP contribution in [0.15, 0.2) is 0 Å². The number of carbonyl (C=O) groups is 1. The van der Waals surface area contributed by atoms with Crippen molar-refractivity contribution in [1.29, 1.82) is 0 Å². The SMILES string of the molecule is CCCC(=O)C1CC2CC2C1. The molecule has 0 aromatic rings. The first-order valence-electron chi connectivity index (χ1n) is 4.84. The van der Waals surface area contributed by atoms with E-state index in [-0.39, 0.29) is 0 Å². The van der Waals surface area contributed by atoms with Crippen molar-refractivity contribution in [1.82, 2.24) is 0 Å². The van der Waals surface area contributed by atoms with Crippen molar-refractivity contribution in [3.63, 3.8) is 0 Å². The molecule has 2 unspecified atom stereocenters. The lowest BCUT2D eigenvalue weighted by atomic mass is 9.96. The van der Waals surface area contributed by atoms with Gasteiger partial charge in [-0.05, 0) is 37.5 Å². The Morgan fingerprint density at radius 1 is 1.27 bits per heavy atom. The van der Waals surface area contributed by atoms with Crippen molar-refractivity contribution in [2.24, 2.45) is 17.8 Å². The van der Waals surface area contributed by atoms with Gasteiger partial charge in [-0.25, -0.2) is 0 Å². The first kappa shape index (κ1) is 7.33. The summed E-state index contributed by atoms with van der Waals surface area (Å²) in [6.45, 7) is 2.09. The molecule has 0 radical (unpaired) electrons. The fraction of sp³-hybridized carbons (Fsp3) is 0.900. The molecule has 2 fully saturated rings. The van der Waals surface area contributed by atoms with E-state index < -0.39 is 0 Å². The Kier molecular flexibility index (Phi) is 1.74. The van der Waals surface area contributed by atoms with Gasteiger partial charge in [0, 0.05) is 12.3 Å². The molecular weight excluding hydrogens is 136 g/mol. The number of Topliss-reactive ketones (excluding diaryl/α,β-unsaturated/α-hetero) is 1. The van der Waals surface area contributed by atoms with Crippen molar-refractivity contribution in [2.45, 2.75) is 39.0 Å². The number of fused-ring (bicyclic) bond motifs is 1. The van der Waals surface area contributed by atoms with Crippen molar-refractivity contribution >= 4 is 5.78 Å². The highest BCUT2D eigenvalue weighted by Crippen LogP contribution is 2.54. The number of rotatable bonds is 3. The van der Waals surface area contributed by atoms with Gasteiger partial charge in [-0.1, -0.05) is 6.92 Å². The summed E-state index contributed by atoms with van der Waals surface area (Å²) in [7, 11) is 0. The molecule has 11 heavy (non-hydrogen) atoms. The Morgan fingerprint density at radius 3 is 2.45 bits per heavy atom. The Hall–Kier alpha value is -0.330. The Balaban J connectivity index is 1.82. The van der Waals surface area contributed by atoms with Gasteiger partial charge in [-0.3, -0.25) is 4.79 Å². The molecular formula is C10H16O. The lowest BCUT2D eigenvalue weighted by molar-refractivity contribution is -0.123. The molecule has 1 heteroatoms. The van der Waals surface area contributed by atoms with Gasteiger partial charge in [0.25, 0.3) is 0 Å². The summed E-state index contributed by atoms with van der Waals surface area (Å²) >= 11 is 0. The highest BCUT2D eigenvalue weighted by Gasteiger charge is 2.47. The second kappa shape index (κ2) is 2.62. The molecule has 0 aromatic carbocycles. The quantitative estimate of drug-likeness (QED) is 0.607. The van der Waals surface area contributed by atoms with Crippen LogP contribution in [0.25, 0.3) is 0 Å². The lowest BCUT2D eigenvalue weighted by Crippen LogP contribution is -2.11. The number of hydrogen-bond acceptors (Lipinski definition) is 1. The van der Waals surface area contributed by atoms with Gasteiger partial charge in [0.15, 0.2) is 0 Å². The fourth-order valence-electron chi connectivity index (χ4n) is 2.43. The number of carbonyl (C=O) groups excluding carboxylic acids is 1. The van der Waals surface area contributed by atoms with Crippen LogP contribution in [0, 0.1) is 17.8 Å². The van der Waals surface area contributed by atoms with Crippen molar-refractivity contribution in [3.8, 4) is 0 Å². The largest absolute Gasteiger partial charge is 0.299 e.